The first kappa shape index (κ1) is 16.8. The first-order valence-corrected chi connectivity index (χ1v) is 8.48. The predicted octanol–water partition coefficient (Wildman–Crippen LogP) is 3.37. The minimum atomic E-state index is 0.923. The highest BCUT2D eigenvalue weighted by molar-refractivity contribution is 5.34. The number of ether oxygens (including phenoxy) is 2. The first-order chi connectivity index (χ1) is 11.8. The van der Waals surface area contributed by atoms with Gasteiger partial charge < -0.3 is 9.47 Å². The van der Waals surface area contributed by atoms with Gasteiger partial charge in [0.1, 0.15) is 11.5 Å². The summed E-state index contributed by atoms with van der Waals surface area (Å²) in [6, 6.07) is 16.6. The molecular formula is C20H26N2O2. The molecule has 0 aromatic heterocycles. The average Bonchev–Trinajstić information content (AvgIpc) is 2.63. The SMILES string of the molecule is COc1ccccc1CN1CCCN(Cc2ccccc2OC)C1. The van der Waals surface area contributed by atoms with Gasteiger partial charge >= 0.3 is 0 Å². The monoisotopic (exact) mass is 326 g/mol. The van der Waals surface area contributed by atoms with Crippen molar-refractivity contribution in [1.29, 1.82) is 0 Å². The number of hydrogen-bond acceptors (Lipinski definition) is 4. The summed E-state index contributed by atoms with van der Waals surface area (Å²) < 4.78 is 11.0. The fraction of sp³-hybridized carbons (Fsp3) is 0.400. The van der Waals surface area contributed by atoms with Gasteiger partial charge in [0, 0.05) is 37.3 Å². The molecule has 1 aliphatic heterocycles. The van der Waals surface area contributed by atoms with Gasteiger partial charge in [-0.2, -0.15) is 0 Å². The van der Waals surface area contributed by atoms with Crippen molar-refractivity contribution < 1.29 is 9.47 Å². The van der Waals surface area contributed by atoms with Crippen molar-refractivity contribution in [3.05, 3.63) is 59.7 Å². The predicted molar refractivity (Wildman–Crippen MR) is 96.3 cm³/mol. The minimum absolute atomic E-state index is 0.923. The quantitative estimate of drug-likeness (QED) is 0.812. The van der Waals surface area contributed by atoms with E-state index in [9.17, 15) is 0 Å². The smallest absolute Gasteiger partial charge is 0.123 e. The maximum absolute atomic E-state index is 5.48. The summed E-state index contributed by atoms with van der Waals surface area (Å²) in [4.78, 5) is 4.97. The lowest BCUT2D eigenvalue weighted by atomic mass is 10.1. The summed E-state index contributed by atoms with van der Waals surface area (Å²) >= 11 is 0. The van der Waals surface area contributed by atoms with Crippen molar-refractivity contribution in [2.45, 2.75) is 19.5 Å². The Kier molecular flexibility index (Phi) is 5.72. The van der Waals surface area contributed by atoms with E-state index in [2.05, 4.69) is 34.1 Å². The molecule has 1 fully saturated rings. The van der Waals surface area contributed by atoms with E-state index in [1.54, 1.807) is 14.2 Å². The standard InChI is InChI=1S/C20H26N2O2/c1-23-19-10-5-3-8-17(19)14-21-12-7-13-22(16-21)15-18-9-4-6-11-20(18)24-2/h3-6,8-11H,7,12-16H2,1-2H3. The second kappa shape index (κ2) is 8.18. The van der Waals surface area contributed by atoms with Gasteiger partial charge in [-0.1, -0.05) is 36.4 Å². The van der Waals surface area contributed by atoms with Crippen LogP contribution in [0.3, 0.4) is 0 Å². The van der Waals surface area contributed by atoms with Crippen molar-refractivity contribution in [2.75, 3.05) is 34.0 Å². The third-order valence-corrected chi connectivity index (χ3v) is 4.52. The normalized spacial score (nSPS) is 16.1. The summed E-state index contributed by atoms with van der Waals surface area (Å²) in [6.45, 7) is 5.07. The van der Waals surface area contributed by atoms with E-state index in [-0.39, 0.29) is 0 Å². The van der Waals surface area contributed by atoms with Crippen LogP contribution in [0.15, 0.2) is 48.5 Å². The third kappa shape index (κ3) is 4.08. The van der Waals surface area contributed by atoms with E-state index in [1.807, 2.05) is 24.3 Å². The Balaban J connectivity index is 1.64. The van der Waals surface area contributed by atoms with Gasteiger partial charge in [-0.25, -0.2) is 0 Å². The lowest BCUT2D eigenvalue weighted by molar-refractivity contribution is 0.0734. The van der Waals surface area contributed by atoms with Crippen LogP contribution in [0.5, 0.6) is 11.5 Å². The van der Waals surface area contributed by atoms with E-state index in [1.165, 1.54) is 17.5 Å². The topological polar surface area (TPSA) is 24.9 Å². The largest absolute Gasteiger partial charge is 0.496 e. The van der Waals surface area contributed by atoms with E-state index in [0.29, 0.717) is 0 Å². The first-order valence-electron chi connectivity index (χ1n) is 8.48. The van der Waals surface area contributed by atoms with Crippen LogP contribution in [0, 0.1) is 0 Å². The van der Waals surface area contributed by atoms with Gasteiger partial charge in [0.15, 0.2) is 0 Å². The van der Waals surface area contributed by atoms with Crippen LogP contribution in [0.25, 0.3) is 0 Å². The van der Waals surface area contributed by atoms with Crippen LogP contribution < -0.4 is 9.47 Å². The molecule has 4 heteroatoms. The molecule has 4 nitrogen and oxygen atoms in total. The molecule has 1 saturated heterocycles. The highest BCUT2D eigenvalue weighted by Gasteiger charge is 2.19. The summed E-state index contributed by atoms with van der Waals surface area (Å²) in [5, 5.41) is 0. The summed E-state index contributed by atoms with van der Waals surface area (Å²) in [5.74, 6) is 1.94. The molecule has 24 heavy (non-hydrogen) atoms. The van der Waals surface area contributed by atoms with Gasteiger partial charge in [0.2, 0.25) is 0 Å². The third-order valence-electron chi connectivity index (χ3n) is 4.52. The maximum atomic E-state index is 5.48. The van der Waals surface area contributed by atoms with Crippen molar-refractivity contribution in [3.8, 4) is 11.5 Å². The Morgan fingerprint density at radius 3 is 1.67 bits per heavy atom. The molecule has 0 aliphatic carbocycles. The highest BCUT2D eigenvalue weighted by Crippen LogP contribution is 2.23. The second-order valence-electron chi connectivity index (χ2n) is 6.22. The molecule has 0 atom stereocenters. The number of nitrogens with zero attached hydrogens (tertiary/aromatic N) is 2. The van der Waals surface area contributed by atoms with E-state index in [0.717, 1.165) is 44.3 Å². The number of benzene rings is 2. The maximum Gasteiger partial charge on any atom is 0.123 e. The highest BCUT2D eigenvalue weighted by atomic mass is 16.5. The number of rotatable bonds is 6. The molecule has 3 rings (SSSR count). The van der Waals surface area contributed by atoms with Gasteiger partial charge in [0.05, 0.1) is 20.9 Å². The molecular weight excluding hydrogens is 300 g/mol. The van der Waals surface area contributed by atoms with Crippen molar-refractivity contribution in [3.63, 3.8) is 0 Å². The molecule has 0 amide bonds. The number of para-hydroxylation sites is 2. The fourth-order valence-corrected chi connectivity index (χ4v) is 3.35. The van der Waals surface area contributed by atoms with E-state index < -0.39 is 0 Å². The van der Waals surface area contributed by atoms with E-state index in [4.69, 9.17) is 9.47 Å². The molecule has 2 aromatic rings. The summed E-state index contributed by atoms with van der Waals surface area (Å²) in [6.07, 6.45) is 1.18. The average molecular weight is 326 g/mol. The van der Waals surface area contributed by atoms with Crippen LogP contribution in [-0.2, 0) is 13.1 Å². The van der Waals surface area contributed by atoms with Crippen LogP contribution in [0.4, 0.5) is 0 Å². The van der Waals surface area contributed by atoms with Gasteiger partial charge in [-0.3, -0.25) is 9.80 Å². The Morgan fingerprint density at radius 1 is 0.750 bits per heavy atom. The van der Waals surface area contributed by atoms with Crippen LogP contribution in [-0.4, -0.2) is 43.8 Å². The fourth-order valence-electron chi connectivity index (χ4n) is 3.35. The molecule has 128 valence electrons. The van der Waals surface area contributed by atoms with Crippen LogP contribution in [0.1, 0.15) is 17.5 Å². The van der Waals surface area contributed by atoms with Crippen LogP contribution in [0.2, 0.25) is 0 Å². The molecule has 0 N–H and O–H groups in total. The zero-order chi connectivity index (χ0) is 16.8. The second-order valence-corrected chi connectivity index (χ2v) is 6.22. The van der Waals surface area contributed by atoms with Crippen LogP contribution >= 0.6 is 0 Å². The molecule has 1 heterocycles. The molecule has 2 aromatic carbocycles. The lowest BCUT2D eigenvalue weighted by Gasteiger charge is -2.36. The number of hydrogen-bond donors (Lipinski definition) is 0. The van der Waals surface area contributed by atoms with Crippen molar-refractivity contribution >= 4 is 0 Å². The van der Waals surface area contributed by atoms with Gasteiger partial charge in [-0.05, 0) is 18.6 Å². The Labute approximate surface area is 144 Å². The minimum Gasteiger partial charge on any atom is -0.496 e. The summed E-state index contributed by atoms with van der Waals surface area (Å²) in [5.41, 5.74) is 2.50. The van der Waals surface area contributed by atoms with Crippen molar-refractivity contribution in [2.24, 2.45) is 0 Å². The van der Waals surface area contributed by atoms with Crippen molar-refractivity contribution in [1.82, 2.24) is 9.80 Å². The molecule has 0 spiro atoms. The molecule has 0 bridgehead atoms. The van der Waals surface area contributed by atoms with Gasteiger partial charge in [0.25, 0.3) is 0 Å². The molecule has 0 saturated carbocycles. The Morgan fingerprint density at radius 2 is 1.21 bits per heavy atom. The van der Waals surface area contributed by atoms with Gasteiger partial charge in [-0.15, -0.1) is 0 Å². The van der Waals surface area contributed by atoms with E-state index >= 15 is 0 Å². The summed E-state index contributed by atoms with van der Waals surface area (Å²) in [7, 11) is 3.48. The molecule has 1 aliphatic rings. The lowest BCUT2D eigenvalue weighted by Crippen LogP contribution is -2.43. The Bertz CT molecular complexity index is 604. The number of methoxy groups -OCH3 is 2. The molecule has 0 unspecified atom stereocenters. The molecule has 0 radical (unpaired) electrons. The zero-order valence-corrected chi connectivity index (χ0v) is 14.6. The Hall–Kier alpha value is -2.04. The zero-order valence-electron chi connectivity index (χ0n) is 14.6.